The summed E-state index contributed by atoms with van der Waals surface area (Å²) in [6, 6.07) is 8.80. The number of fused-ring (bicyclic) bond motifs is 4. The molecular formula is C31H41NO5. The highest BCUT2D eigenvalue weighted by atomic mass is 16.6. The largest absolute Gasteiger partial charge is 0.456 e. The smallest absolute Gasteiger partial charge is 0.303 e. The number of hydrogen-bond acceptors (Lipinski definition) is 6. The number of aliphatic hydroxyl groups excluding tert-OH is 1. The highest BCUT2D eigenvalue weighted by Gasteiger charge is 2.67. The summed E-state index contributed by atoms with van der Waals surface area (Å²) in [7, 11) is 5.67. The van der Waals surface area contributed by atoms with E-state index >= 15 is 0 Å². The quantitative estimate of drug-likeness (QED) is 0.549. The molecule has 0 aromatic heterocycles. The molecule has 0 aliphatic heterocycles. The van der Waals surface area contributed by atoms with Crippen LogP contribution in [-0.2, 0) is 19.1 Å². The Hall–Kier alpha value is -2.44. The van der Waals surface area contributed by atoms with Crippen molar-refractivity contribution >= 4 is 17.4 Å². The Morgan fingerprint density at radius 2 is 1.89 bits per heavy atom. The van der Waals surface area contributed by atoms with Crippen LogP contribution in [0.25, 0.3) is 0 Å². The predicted octanol–water partition coefficient (Wildman–Crippen LogP) is 4.96. The molecule has 5 rings (SSSR count). The summed E-state index contributed by atoms with van der Waals surface area (Å²) in [6.07, 6.45) is 6.60. The molecular weight excluding hydrogens is 466 g/mol. The predicted molar refractivity (Wildman–Crippen MR) is 143 cm³/mol. The third-order valence-corrected chi connectivity index (χ3v) is 9.92. The minimum atomic E-state index is -0.990. The normalized spacial score (nSPS) is 33.7. The van der Waals surface area contributed by atoms with Crippen molar-refractivity contribution in [3.8, 4) is 0 Å². The Morgan fingerprint density at radius 3 is 2.54 bits per heavy atom. The summed E-state index contributed by atoms with van der Waals surface area (Å²) in [5.41, 5.74) is 5.10. The van der Waals surface area contributed by atoms with Crippen LogP contribution in [0.5, 0.6) is 0 Å². The van der Waals surface area contributed by atoms with Crippen LogP contribution in [0.4, 0.5) is 5.69 Å². The second-order valence-electron chi connectivity index (χ2n) is 12.0. The first-order chi connectivity index (χ1) is 17.6. The lowest BCUT2D eigenvalue weighted by Crippen LogP contribution is -2.60. The fraction of sp³-hybridized carbons (Fsp3) is 0.613. The van der Waals surface area contributed by atoms with E-state index < -0.39 is 17.1 Å². The van der Waals surface area contributed by atoms with E-state index in [1.165, 1.54) is 29.2 Å². The SMILES string of the molecule is COCC(O)[C@@]1(OC(C)=O)CCC2C3CCC4=CC(=O)CCC4=C3C(c3ccc(N(C)C)cc3)C[C@@]21C. The number of rotatable bonds is 6. The van der Waals surface area contributed by atoms with E-state index in [-0.39, 0.29) is 30.2 Å². The molecule has 0 heterocycles. The maximum absolute atomic E-state index is 12.5. The van der Waals surface area contributed by atoms with Gasteiger partial charge in [0.2, 0.25) is 0 Å². The molecule has 200 valence electrons. The highest BCUT2D eigenvalue weighted by Crippen LogP contribution is 2.68. The Balaban J connectivity index is 1.67. The maximum atomic E-state index is 12.5. The fourth-order valence-electron chi connectivity index (χ4n) is 8.32. The van der Waals surface area contributed by atoms with Crippen molar-refractivity contribution in [1.82, 2.24) is 0 Å². The van der Waals surface area contributed by atoms with Crippen LogP contribution in [0, 0.1) is 17.3 Å². The molecule has 0 radical (unpaired) electrons. The second-order valence-corrected chi connectivity index (χ2v) is 12.0. The third kappa shape index (κ3) is 4.17. The average molecular weight is 508 g/mol. The fourth-order valence-corrected chi connectivity index (χ4v) is 8.32. The minimum Gasteiger partial charge on any atom is -0.456 e. The van der Waals surface area contributed by atoms with Gasteiger partial charge in [0.1, 0.15) is 11.7 Å². The van der Waals surface area contributed by atoms with E-state index in [2.05, 4.69) is 36.1 Å². The molecule has 4 unspecified atom stereocenters. The van der Waals surface area contributed by atoms with Crippen LogP contribution < -0.4 is 4.90 Å². The summed E-state index contributed by atoms with van der Waals surface area (Å²) in [4.78, 5) is 26.9. The number of nitrogens with zero attached hydrogens (tertiary/aromatic N) is 1. The topological polar surface area (TPSA) is 76.1 Å². The summed E-state index contributed by atoms with van der Waals surface area (Å²) < 4.78 is 11.6. The molecule has 6 atom stereocenters. The van der Waals surface area contributed by atoms with E-state index in [4.69, 9.17) is 9.47 Å². The van der Waals surface area contributed by atoms with Crippen molar-refractivity contribution in [2.75, 3.05) is 32.7 Å². The van der Waals surface area contributed by atoms with Gasteiger partial charge < -0.3 is 19.5 Å². The summed E-state index contributed by atoms with van der Waals surface area (Å²) in [6.45, 7) is 3.82. The first-order valence-corrected chi connectivity index (χ1v) is 13.7. The van der Waals surface area contributed by atoms with Crippen molar-refractivity contribution in [3.05, 3.63) is 52.6 Å². The number of anilines is 1. The molecule has 0 amide bonds. The average Bonchev–Trinajstić information content (AvgIpc) is 3.15. The maximum Gasteiger partial charge on any atom is 0.303 e. The number of carbonyl (C=O) groups is 2. The van der Waals surface area contributed by atoms with Crippen LogP contribution in [0.15, 0.2) is 47.1 Å². The monoisotopic (exact) mass is 507 g/mol. The molecule has 4 aliphatic rings. The van der Waals surface area contributed by atoms with Crippen LogP contribution >= 0.6 is 0 Å². The standard InChI is InChI=1S/C31H41NO5/c1-19(33)37-31(28(35)18-36-5)15-14-27-25-12-8-21-16-23(34)11-13-24(21)29(25)26(17-30(27,31)2)20-6-9-22(10-7-20)32(3)4/h6-7,9-10,16,25-28,35H,8,11-15,17-18H2,1-5H3/t25?,26?,27?,28?,30-,31-/m0/s1. The minimum absolute atomic E-state index is 0.130. The van der Waals surface area contributed by atoms with Gasteiger partial charge in [0.25, 0.3) is 0 Å². The lowest BCUT2D eigenvalue weighted by atomic mass is 9.50. The van der Waals surface area contributed by atoms with E-state index in [0.717, 1.165) is 37.8 Å². The van der Waals surface area contributed by atoms with Gasteiger partial charge in [0, 0.05) is 51.6 Å². The Kier molecular flexibility index (Phi) is 6.86. The molecule has 1 aromatic rings. The van der Waals surface area contributed by atoms with Gasteiger partial charge in [-0.05, 0) is 85.3 Å². The highest BCUT2D eigenvalue weighted by molar-refractivity contribution is 5.93. The van der Waals surface area contributed by atoms with Gasteiger partial charge in [-0.3, -0.25) is 9.59 Å². The molecule has 37 heavy (non-hydrogen) atoms. The van der Waals surface area contributed by atoms with Crippen LogP contribution in [0.3, 0.4) is 0 Å². The lowest BCUT2D eigenvalue weighted by molar-refractivity contribution is -0.208. The van der Waals surface area contributed by atoms with Gasteiger partial charge in [-0.2, -0.15) is 0 Å². The Morgan fingerprint density at radius 1 is 1.16 bits per heavy atom. The molecule has 1 aromatic carbocycles. The summed E-state index contributed by atoms with van der Waals surface area (Å²) >= 11 is 0. The number of allylic oxidation sites excluding steroid dienone is 4. The second kappa shape index (κ2) is 9.70. The van der Waals surface area contributed by atoms with Gasteiger partial charge in [-0.1, -0.05) is 24.6 Å². The number of benzene rings is 1. The number of carbonyl (C=O) groups excluding carboxylic acids is 2. The molecule has 0 spiro atoms. The van der Waals surface area contributed by atoms with Gasteiger partial charge in [0.05, 0.1) is 6.61 Å². The van der Waals surface area contributed by atoms with Crippen molar-refractivity contribution < 1.29 is 24.2 Å². The molecule has 1 N–H and O–H groups in total. The van der Waals surface area contributed by atoms with Gasteiger partial charge >= 0.3 is 5.97 Å². The summed E-state index contributed by atoms with van der Waals surface area (Å²) in [5, 5.41) is 11.5. The molecule has 6 heteroatoms. The number of hydrogen-bond donors (Lipinski definition) is 1. The molecule has 6 nitrogen and oxygen atoms in total. The first kappa shape index (κ1) is 26.2. The molecule has 2 saturated carbocycles. The van der Waals surface area contributed by atoms with E-state index in [1.807, 2.05) is 20.2 Å². The number of ketones is 1. The van der Waals surface area contributed by atoms with Crippen molar-refractivity contribution in [2.24, 2.45) is 17.3 Å². The van der Waals surface area contributed by atoms with Crippen molar-refractivity contribution in [2.45, 2.75) is 76.4 Å². The zero-order valence-electron chi connectivity index (χ0n) is 22.9. The first-order valence-electron chi connectivity index (χ1n) is 13.7. The Bertz CT molecular complexity index is 1130. The van der Waals surface area contributed by atoms with Crippen molar-refractivity contribution in [1.29, 1.82) is 0 Å². The zero-order valence-corrected chi connectivity index (χ0v) is 22.9. The molecule has 4 aliphatic carbocycles. The van der Waals surface area contributed by atoms with E-state index in [1.54, 1.807) is 7.11 Å². The number of ether oxygens (including phenoxy) is 2. The third-order valence-electron chi connectivity index (χ3n) is 9.92. The van der Waals surface area contributed by atoms with Crippen LogP contribution in [0.1, 0.15) is 70.3 Å². The van der Waals surface area contributed by atoms with Gasteiger partial charge in [-0.15, -0.1) is 0 Å². The van der Waals surface area contributed by atoms with Crippen LogP contribution in [-0.4, -0.2) is 56.4 Å². The van der Waals surface area contributed by atoms with Gasteiger partial charge in [-0.25, -0.2) is 0 Å². The lowest BCUT2D eigenvalue weighted by Gasteiger charge is -2.56. The number of methoxy groups -OCH3 is 1. The Labute approximate surface area is 220 Å². The van der Waals surface area contributed by atoms with E-state index in [9.17, 15) is 14.7 Å². The molecule has 0 saturated heterocycles. The van der Waals surface area contributed by atoms with Crippen LogP contribution in [0.2, 0.25) is 0 Å². The van der Waals surface area contributed by atoms with Crippen molar-refractivity contribution in [3.63, 3.8) is 0 Å². The molecule has 2 fully saturated rings. The summed E-state index contributed by atoms with van der Waals surface area (Å²) in [5.74, 6) is 0.648. The number of aliphatic hydroxyl groups is 1. The van der Waals surface area contributed by atoms with E-state index in [0.29, 0.717) is 18.8 Å². The van der Waals surface area contributed by atoms with Gasteiger partial charge in [0.15, 0.2) is 5.78 Å². The number of esters is 1. The molecule has 0 bridgehead atoms. The zero-order chi connectivity index (χ0) is 26.5.